The molecule has 1 amide bonds. The molecule has 0 saturated heterocycles. The van der Waals surface area contributed by atoms with Gasteiger partial charge in [-0.2, -0.15) is 0 Å². The maximum absolute atomic E-state index is 13.5. The van der Waals surface area contributed by atoms with Crippen LogP contribution in [0.1, 0.15) is 44.7 Å². The summed E-state index contributed by atoms with van der Waals surface area (Å²) in [4.78, 5) is 13.2. The second kappa shape index (κ2) is 10.2. The van der Waals surface area contributed by atoms with Crippen LogP contribution < -0.4 is 9.62 Å². The highest BCUT2D eigenvalue weighted by Gasteiger charge is 2.29. The normalized spacial score (nSPS) is 11.9. The molecule has 0 spiro atoms. The van der Waals surface area contributed by atoms with Gasteiger partial charge in [0, 0.05) is 5.54 Å². The van der Waals surface area contributed by atoms with E-state index in [9.17, 15) is 13.2 Å². The van der Waals surface area contributed by atoms with Crippen LogP contribution in [0.2, 0.25) is 0 Å². The van der Waals surface area contributed by atoms with E-state index in [1.165, 1.54) is 4.31 Å². The number of nitrogens with zero attached hydrogens (tertiary/aromatic N) is 1. The molecule has 0 aliphatic rings. The second-order valence-electron chi connectivity index (χ2n) is 9.17. The molecule has 0 heterocycles. The Kier molecular flexibility index (Phi) is 7.59. The fraction of sp³-hybridized carbons (Fsp3) is 0.296. The van der Waals surface area contributed by atoms with Gasteiger partial charge in [0.25, 0.3) is 10.0 Å². The first-order valence-electron chi connectivity index (χ1n) is 11.1. The standard InChI is InChI=1S/C27H32N2O3S/c1-21(2)23-15-17-24(18-16-23)29(33(31,32)25-13-9-6-10-14-25)20-26(30)28-27(3,4)19-22-11-7-5-8-12-22/h5-18,21H,19-20H2,1-4H3,(H,28,30). The summed E-state index contributed by atoms with van der Waals surface area (Å²) in [5.74, 6) is -0.0383. The fourth-order valence-electron chi connectivity index (χ4n) is 3.76. The van der Waals surface area contributed by atoms with Crippen LogP contribution in [0.3, 0.4) is 0 Å². The molecule has 5 nitrogen and oxygen atoms in total. The first-order chi connectivity index (χ1) is 15.6. The van der Waals surface area contributed by atoms with Crippen LogP contribution in [0.25, 0.3) is 0 Å². The molecule has 6 heteroatoms. The summed E-state index contributed by atoms with van der Waals surface area (Å²) < 4.78 is 28.2. The van der Waals surface area contributed by atoms with E-state index in [0.717, 1.165) is 11.1 Å². The predicted molar refractivity (Wildman–Crippen MR) is 134 cm³/mol. The lowest BCUT2D eigenvalue weighted by molar-refractivity contribution is -0.121. The van der Waals surface area contributed by atoms with Crippen molar-refractivity contribution in [3.63, 3.8) is 0 Å². The minimum atomic E-state index is -3.92. The number of carbonyl (C=O) groups is 1. The molecule has 0 bridgehead atoms. The first kappa shape index (κ1) is 24.5. The fourth-order valence-corrected chi connectivity index (χ4v) is 5.20. The minimum Gasteiger partial charge on any atom is -0.349 e. The molecule has 0 saturated carbocycles. The number of nitrogens with one attached hydrogen (secondary N) is 1. The number of benzene rings is 3. The predicted octanol–water partition coefficient (Wildman–Crippen LogP) is 5.14. The molecular formula is C27H32N2O3S. The number of sulfonamides is 1. The van der Waals surface area contributed by atoms with E-state index in [1.54, 1.807) is 42.5 Å². The van der Waals surface area contributed by atoms with Gasteiger partial charge in [-0.3, -0.25) is 9.10 Å². The summed E-state index contributed by atoms with van der Waals surface area (Å²) in [5, 5.41) is 3.01. The Hall–Kier alpha value is -3.12. The summed E-state index contributed by atoms with van der Waals surface area (Å²) in [6.45, 7) is 7.72. The Bertz CT molecular complexity index is 1160. The van der Waals surface area contributed by atoms with Crippen molar-refractivity contribution < 1.29 is 13.2 Å². The highest BCUT2D eigenvalue weighted by molar-refractivity contribution is 7.92. The Labute approximate surface area is 197 Å². The van der Waals surface area contributed by atoms with Crippen LogP contribution >= 0.6 is 0 Å². The molecule has 33 heavy (non-hydrogen) atoms. The summed E-state index contributed by atoms with van der Waals surface area (Å²) in [6, 6.07) is 25.4. The second-order valence-corrected chi connectivity index (χ2v) is 11.0. The van der Waals surface area contributed by atoms with E-state index in [-0.39, 0.29) is 17.3 Å². The molecule has 0 aliphatic heterocycles. The summed E-state index contributed by atoms with van der Waals surface area (Å²) in [5.41, 5.74) is 2.12. The van der Waals surface area contributed by atoms with Crippen LogP contribution in [-0.2, 0) is 21.2 Å². The van der Waals surface area contributed by atoms with Gasteiger partial charge in [-0.1, -0.05) is 74.5 Å². The summed E-state index contributed by atoms with van der Waals surface area (Å²) >= 11 is 0. The summed E-state index contributed by atoms with van der Waals surface area (Å²) in [6.07, 6.45) is 0.633. The van der Waals surface area contributed by atoms with E-state index in [1.807, 2.05) is 56.3 Å². The third kappa shape index (κ3) is 6.45. The van der Waals surface area contributed by atoms with Crippen LogP contribution in [0.15, 0.2) is 89.8 Å². The molecule has 3 aromatic rings. The topological polar surface area (TPSA) is 66.5 Å². The number of anilines is 1. The lowest BCUT2D eigenvalue weighted by Gasteiger charge is -2.29. The smallest absolute Gasteiger partial charge is 0.264 e. The van der Waals surface area contributed by atoms with Gasteiger partial charge in [-0.15, -0.1) is 0 Å². The van der Waals surface area contributed by atoms with Crippen LogP contribution in [-0.4, -0.2) is 26.4 Å². The molecule has 0 atom stereocenters. The molecule has 1 N–H and O–H groups in total. The number of hydrogen-bond donors (Lipinski definition) is 1. The lowest BCUT2D eigenvalue weighted by Crippen LogP contribution is -2.50. The number of carbonyl (C=O) groups excluding carboxylic acids is 1. The molecule has 3 aromatic carbocycles. The minimum absolute atomic E-state index is 0.147. The quantitative estimate of drug-likeness (QED) is 0.477. The Morgan fingerprint density at radius 2 is 1.42 bits per heavy atom. The first-order valence-corrected chi connectivity index (χ1v) is 12.6. The molecule has 0 unspecified atom stereocenters. The molecule has 0 aliphatic carbocycles. The summed E-state index contributed by atoms with van der Waals surface area (Å²) in [7, 11) is -3.92. The van der Waals surface area contributed by atoms with Crippen LogP contribution in [0.4, 0.5) is 5.69 Å². The van der Waals surface area contributed by atoms with Gasteiger partial charge in [0.2, 0.25) is 5.91 Å². The third-order valence-electron chi connectivity index (χ3n) is 5.43. The van der Waals surface area contributed by atoms with Crippen molar-refractivity contribution >= 4 is 21.6 Å². The molecule has 0 aromatic heterocycles. The Balaban J connectivity index is 1.87. The van der Waals surface area contributed by atoms with Crippen molar-refractivity contribution in [3.05, 3.63) is 96.1 Å². The zero-order valence-corrected chi connectivity index (χ0v) is 20.5. The average Bonchev–Trinajstić information content (AvgIpc) is 2.78. The zero-order valence-electron chi connectivity index (χ0n) is 19.7. The third-order valence-corrected chi connectivity index (χ3v) is 7.22. The van der Waals surface area contributed by atoms with Crippen LogP contribution in [0, 0.1) is 0 Å². The van der Waals surface area contributed by atoms with Gasteiger partial charge >= 0.3 is 0 Å². The van der Waals surface area contributed by atoms with Crippen molar-refractivity contribution in [3.8, 4) is 0 Å². The number of rotatable bonds is 9. The van der Waals surface area contributed by atoms with E-state index in [2.05, 4.69) is 19.2 Å². The Morgan fingerprint density at radius 1 is 0.879 bits per heavy atom. The molecule has 3 rings (SSSR count). The van der Waals surface area contributed by atoms with E-state index in [4.69, 9.17) is 0 Å². The molecule has 0 fully saturated rings. The van der Waals surface area contributed by atoms with Crippen molar-refractivity contribution in [2.24, 2.45) is 0 Å². The van der Waals surface area contributed by atoms with Crippen molar-refractivity contribution in [2.75, 3.05) is 10.8 Å². The number of amides is 1. The van der Waals surface area contributed by atoms with Gasteiger partial charge in [-0.25, -0.2) is 8.42 Å². The van der Waals surface area contributed by atoms with Crippen LogP contribution in [0.5, 0.6) is 0 Å². The monoisotopic (exact) mass is 464 g/mol. The van der Waals surface area contributed by atoms with Gasteiger partial charge in [0.1, 0.15) is 6.54 Å². The van der Waals surface area contributed by atoms with Crippen molar-refractivity contribution in [1.82, 2.24) is 5.32 Å². The molecule has 174 valence electrons. The lowest BCUT2D eigenvalue weighted by atomic mass is 9.95. The van der Waals surface area contributed by atoms with Gasteiger partial charge < -0.3 is 5.32 Å². The van der Waals surface area contributed by atoms with Gasteiger partial charge in [-0.05, 0) is 61.6 Å². The zero-order chi connectivity index (χ0) is 24.1. The highest BCUT2D eigenvalue weighted by atomic mass is 32.2. The van der Waals surface area contributed by atoms with Crippen molar-refractivity contribution in [2.45, 2.75) is 50.5 Å². The SMILES string of the molecule is CC(C)c1ccc(N(CC(=O)NC(C)(C)Cc2ccccc2)S(=O)(=O)c2ccccc2)cc1. The maximum atomic E-state index is 13.5. The van der Waals surface area contributed by atoms with E-state index >= 15 is 0 Å². The van der Waals surface area contributed by atoms with Crippen molar-refractivity contribution in [1.29, 1.82) is 0 Å². The molecule has 0 radical (unpaired) electrons. The number of hydrogen-bond acceptors (Lipinski definition) is 3. The highest BCUT2D eigenvalue weighted by Crippen LogP contribution is 2.26. The molecular weight excluding hydrogens is 432 g/mol. The van der Waals surface area contributed by atoms with Gasteiger partial charge in [0.15, 0.2) is 0 Å². The maximum Gasteiger partial charge on any atom is 0.264 e. The Morgan fingerprint density at radius 3 is 1.97 bits per heavy atom. The van der Waals surface area contributed by atoms with Gasteiger partial charge in [0.05, 0.1) is 10.6 Å². The average molecular weight is 465 g/mol. The largest absolute Gasteiger partial charge is 0.349 e. The van der Waals surface area contributed by atoms with E-state index in [0.29, 0.717) is 18.0 Å². The van der Waals surface area contributed by atoms with E-state index < -0.39 is 15.6 Å².